The molecule has 4 rings (SSSR count). The van der Waals surface area contributed by atoms with Crippen molar-refractivity contribution in [2.75, 3.05) is 28.6 Å². The lowest BCUT2D eigenvalue weighted by Crippen LogP contribution is -2.20. The lowest BCUT2D eigenvalue weighted by atomic mass is 10.2. The highest BCUT2D eigenvalue weighted by molar-refractivity contribution is 5.91. The van der Waals surface area contributed by atoms with Crippen LogP contribution in [-0.4, -0.2) is 29.0 Å². The quantitative estimate of drug-likeness (QED) is 0.748. The minimum atomic E-state index is -0.0844. The van der Waals surface area contributed by atoms with Crippen LogP contribution >= 0.6 is 0 Å². The second-order valence-electron chi connectivity index (χ2n) is 6.47. The minimum Gasteiger partial charge on any atom is -0.356 e. The van der Waals surface area contributed by atoms with Crippen LogP contribution in [0.1, 0.15) is 19.8 Å². The highest BCUT2D eigenvalue weighted by Gasteiger charge is 2.18. The van der Waals surface area contributed by atoms with Crippen LogP contribution in [0.2, 0.25) is 0 Å². The number of fused-ring (bicyclic) bond motifs is 1. The monoisotopic (exact) mass is 347 g/mol. The van der Waals surface area contributed by atoms with E-state index < -0.39 is 0 Å². The fourth-order valence-electron chi connectivity index (χ4n) is 3.25. The van der Waals surface area contributed by atoms with Gasteiger partial charge in [-0.3, -0.25) is 4.79 Å². The van der Waals surface area contributed by atoms with Crippen LogP contribution in [0.5, 0.6) is 0 Å². The number of aromatic nitrogens is 2. The van der Waals surface area contributed by atoms with Gasteiger partial charge in [0.25, 0.3) is 0 Å². The molecule has 0 radical (unpaired) electrons. The van der Waals surface area contributed by atoms with Crippen molar-refractivity contribution in [3.63, 3.8) is 0 Å². The Morgan fingerprint density at radius 3 is 2.38 bits per heavy atom. The topological polar surface area (TPSA) is 70.2 Å². The number of hydrogen-bond acceptors (Lipinski definition) is 5. The first-order valence-corrected chi connectivity index (χ1v) is 8.85. The van der Waals surface area contributed by atoms with Crippen LogP contribution < -0.4 is 15.5 Å². The van der Waals surface area contributed by atoms with Crippen LogP contribution in [-0.2, 0) is 4.79 Å². The molecule has 6 heteroatoms. The molecule has 0 unspecified atom stereocenters. The van der Waals surface area contributed by atoms with E-state index in [0.29, 0.717) is 5.95 Å². The van der Waals surface area contributed by atoms with Gasteiger partial charge in [-0.25, -0.2) is 4.98 Å². The SMILES string of the molecule is CC(=O)Nc1ccc(Nc2nc(N3CCCC3)c3ccccc3n2)cc1. The van der Waals surface area contributed by atoms with Crippen LogP contribution in [0, 0.1) is 0 Å². The number of para-hydroxylation sites is 1. The Hall–Kier alpha value is -3.15. The molecular formula is C20H21N5O. The van der Waals surface area contributed by atoms with Crippen LogP contribution in [0.3, 0.4) is 0 Å². The summed E-state index contributed by atoms with van der Waals surface area (Å²) in [5.41, 5.74) is 2.57. The van der Waals surface area contributed by atoms with E-state index in [1.165, 1.54) is 19.8 Å². The molecule has 0 atom stereocenters. The largest absolute Gasteiger partial charge is 0.356 e. The van der Waals surface area contributed by atoms with Gasteiger partial charge < -0.3 is 15.5 Å². The number of rotatable bonds is 4. The predicted octanol–water partition coefficient (Wildman–Crippen LogP) is 3.93. The van der Waals surface area contributed by atoms with Gasteiger partial charge in [0.15, 0.2) is 0 Å². The summed E-state index contributed by atoms with van der Waals surface area (Å²) in [5, 5.41) is 7.12. The second kappa shape index (κ2) is 7.00. The highest BCUT2D eigenvalue weighted by atomic mass is 16.1. The molecular weight excluding hydrogens is 326 g/mol. The maximum absolute atomic E-state index is 11.1. The van der Waals surface area contributed by atoms with Crippen molar-refractivity contribution >= 4 is 40.0 Å². The third-order valence-corrected chi connectivity index (χ3v) is 4.45. The van der Waals surface area contributed by atoms with E-state index in [1.807, 2.05) is 42.5 Å². The van der Waals surface area contributed by atoms with Crippen LogP contribution in [0.4, 0.5) is 23.1 Å². The van der Waals surface area contributed by atoms with Gasteiger partial charge in [-0.15, -0.1) is 0 Å². The molecule has 0 saturated carbocycles. The van der Waals surface area contributed by atoms with Crippen molar-refractivity contribution in [1.82, 2.24) is 9.97 Å². The highest BCUT2D eigenvalue weighted by Crippen LogP contribution is 2.29. The maximum Gasteiger partial charge on any atom is 0.229 e. The third kappa shape index (κ3) is 3.44. The number of carbonyl (C=O) groups is 1. The molecule has 0 aliphatic carbocycles. The molecule has 0 bridgehead atoms. The van der Waals surface area contributed by atoms with E-state index in [0.717, 1.165) is 41.2 Å². The molecule has 3 aromatic rings. The number of amides is 1. The van der Waals surface area contributed by atoms with Gasteiger partial charge >= 0.3 is 0 Å². The number of nitrogens with zero attached hydrogens (tertiary/aromatic N) is 3. The number of hydrogen-bond donors (Lipinski definition) is 2. The first-order chi connectivity index (χ1) is 12.7. The summed E-state index contributed by atoms with van der Waals surface area (Å²) in [4.78, 5) is 22.9. The molecule has 1 aliphatic heterocycles. The smallest absolute Gasteiger partial charge is 0.229 e. The van der Waals surface area contributed by atoms with Crippen LogP contribution in [0.15, 0.2) is 48.5 Å². The summed E-state index contributed by atoms with van der Waals surface area (Å²) in [7, 11) is 0. The lowest BCUT2D eigenvalue weighted by molar-refractivity contribution is -0.114. The summed E-state index contributed by atoms with van der Waals surface area (Å²) in [6.07, 6.45) is 2.40. The average Bonchev–Trinajstić information content (AvgIpc) is 3.17. The van der Waals surface area contributed by atoms with Crippen molar-refractivity contribution in [1.29, 1.82) is 0 Å². The fraction of sp³-hybridized carbons (Fsp3) is 0.250. The first kappa shape index (κ1) is 16.3. The molecule has 132 valence electrons. The summed E-state index contributed by atoms with van der Waals surface area (Å²) in [5.74, 6) is 1.49. The van der Waals surface area contributed by atoms with Crippen molar-refractivity contribution in [2.45, 2.75) is 19.8 Å². The zero-order chi connectivity index (χ0) is 17.9. The van der Waals surface area contributed by atoms with E-state index in [2.05, 4.69) is 26.6 Å². The number of nitrogens with one attached hydrogen (secondary N) is 2. The zero-order valence-corrected chi connectivity index (χ0v) is 14.7. The van der Waals surface area contributed by atoms with Crippen molar-refractivity contribution < 1.29 is 4.79 Å². The molecule has 1 fully saturated rings. The Morgan fingerprint density at radius 2 is 1.65 bits per heavy atom. The van der Waals surface area contributed by atoms with E-state index in [9.17, 15) is 4.79 Å². The molecule has 2 N–H and O–H groups in total. The minimum absolute atomic E-state index is 0.0844. The van der Waals surface area contributed by atoms with Crippen LogP contribution in [0.25, 0.3) is 10.9 Å². The molecule has 2 heterocycles. The predicted molar refractivity (Wildman–Crippen MR) is 105 cm³/mol. The number of carbonyl (C=O) groups excluding carboxylic acids is 1. The Balaban J connectivity index is 1.65. The molecule has 1 aliphatic rings. The summed E-state index contributed by atoms with van der Waals surface area (Å²) >= 11 is 0. The molecule has 1 amide bonds. The van der Waals surface area contributed by atoms with E-state index >= 15 is 0 Å². The maximum atomic E-state index is 11.1. The van der Waals surface area contributed by atoms with Gasteiger partial charge in [-0.1, -0.05) is 12.1 Å². The van der Waals surface area contributed by atoms with Gasteiger partial charge in [-0.2, -0.15) is 4.98 Å². The van der Waals surface area contributed by atoms with E-state index in [1.54, 1.807) is 0 Å². The fourth-order valence-corrected chi connectivity index (χ4v) is 3.25. The molecule has 0 spiro atoms. The summed E-state index contributed by atoms with van der Waals surface area (Å²) in [6.45, 7) is 3.56. The molecule has 6 nitrogen and oxygen atoms in total. The standard InChI is InChI=1S/C20H21N5O/c1-14(26)21-15-8-10-16(11-9-15)22-20-23-18-7-3-2-6-17(18)19(24-20)25-12-4-5-13-25/h2-3,6-11H,4-5,12-13H2,1H3,(H,21,26)(H,22,23,24). The van der Waals surface area contributed by atoms with E-state index in [4.69, 9.17) is 4.98 Å². The van der Waals surface area contributed by atoms with Crippen molar-refractivity contribution in [3.8, 4) is 0 Å². The zero-order valence-electron chi connectivity index (χ0n) is 14.7. The Labute approximate surface area is 152 Å². The average molecular weight is 347 g/mol. The van der Waals surface area contributed by atoms with Gasteiger partial charge in [0, 0.05) is 36.8 Å². The lowest BCUT2D eigenvalue weighted by Gasteiger charge is -2.19. The van der Waals surface area contributed by atoms with E-state index in [-0.39, 0.29) is 5.91 Å². The summed E-state index contributed by atoms with van der Waals surface area (Å²) < 4.78 is 0. The molecule has 26 heavy (non-hydrogen) atoms. The van der Waals surface area contributed by atoms with Gasteiger partial charge in [0.2, 0.25) is 11.9 Å². The Bertz CT molecular complexity index is 933. The molecule has 1 saturated heterocycles. The van der Waals surface area contributed by atoms with Gasteiger partial charge in [0.05, 0.1) is 5.52 Å². The second-order valence-corrected chi connectivity index (χ2v) is 6.47. The van der Waals surface area contributed by atoms with Gasteiger partial charge in [0.1, 0.15) is 5.82 Å². The Kier molecular flexibility index (Phi) is 4.39. The van der Waals surface area contributed by atoms with Gasteiger partial charge in [-0.05, 0) is 49.2 Å². The first-order valence-electron chi connectivity index (χ1n) is 8.85. The molecule has 2 aromatic carbocycles. The summed E-state index contributed by atoms with van der Waals surface area (Å²) in [6, 6.07) is 15.6. The van der Waals surface area contributed by atoms with Crippen molar-refractivity contribution in [3.05, 3.63) is 48.5 Å². The molecule has 1 aromatic heterocycles. The third-order valence-electron chi connectivity index (χ3n) is 4.45. The normalized spacial score (nSPS) is 13.8. The van der Waals surface area contributed by atoms with Crippen molar-refractivity contribution in [2.24, 2.45) is 0 Å². The number of anilines is 4. The number of benzene rings is 2. The Morgan fingerprint density at radius 1 is 0.962 bits per heavy atom.